The van der Waals surface area contributed by atoms with E-state index in [2.05, 4.69) is 17.2 Å². The minimum atomic E-state index is -3.42. The minimum absolute atomic E-state index is 0.176. The van der Waals surface area contributed by atoms with Crippen LogP contribution in [0.2, 0.25) is 0 Å². The Bertz CT molecular complexity index is 503. The first-order valence-electron chi connectivity index (χ1n) is 6.30. The van der Waals surface area contributed by atoms with Gasteiger partial charge in [-0.15, -0.1) is 0 Å². The molecule has 2 rings (SSSR count). The van der Waals surface area contributed by atoms with E-state index in [0.29, 0.717) is 26.2 Å². The largest absolute Gasteiger partial charge is 0.334 e. The highest BCUT2D eigenvalue weighted by molar-refractivity contribution is 7.89. The van der Waals surface area contributed by atoms with E-state index >= 15 is 0 Å². The van der Waals surface area contributed by atoms with Gasteiger partial charge in [0.25, 0.3) is 10.0 Å². The van der Waals surface area contributed by atoms with Crippen molar-refractivity contribution in [3.8, 4) is 0 Å². The summed E-state index contributed by atoms with van der Waals surface area (Å²) in [5, 5.41) is 3.32. The topological polar surface area (TPSA) is 67.2 Å². The maximum atomic E-state index is 12.4. The Hall–Kier alpha value is -0.920. The average Bonchev–Trinajstić information content (AvgIpc) is 2.73. The molecule has 0 spiro atoms. The zero-order valence-electron chi connectivity index (χ0n) is 10.9. The summed E-state index contributed by atoms with van der Waals surface area (Å²) < 4.78 is 28.2. The molecule has 1 saturated heterocycles. The molecule has 0 bridgehead atoms. The SMILES string of the molecule is CCCn1cc(S(=O)(=O)N2CCNCC2)nc1C. The van der Waals surface area contributed by atoms with Crippen molar-refractivity contribution < 1.29 is 8.42 Å². The second-order valence-corrected chi connectivity index (χ2v) is 6.36. The molecule has 102 valence electrons. The third-order valence-electron chi connectivity index (χ3n) is 3.10. The van der Waals surface area contributed by atoms with Crippen LogP contribution in [0.3, 0.4) is 0 Å². The lowest BCUT2D eigenvalue weighted by molar-refractivity contribution is 0.359. The molecule has 0 aromatic carbocycles. The fourth-order valence-corrected chi connectivity index (χ4v) is 3.52. The quantitative estimate of drug-likeness (QED) is 0.850. The number of imidazole rings is 1. The van der Waals surface area contributed by atoms with Gasteiger partial charge in [0.05, 0.1) is 0 Å². The number of aryl methyl sites for hydroxylation is 2. The van der Waals surface area contributed by atoms with Gasteiger partial charge < -0.3 is 9.88 Å². The standard InChI is InChI=1S/C11H20N4O2S/c1-3-6-14-9-11(13-10(14)2)18(16,17)15-7-4-12-5-8-15/h9,12H,3-8H2,1-2H3. The van der Waals surface area contributed by atoms with Gasteiger partial charge in [0.1, 0.15) is 5.82 Å². The van der Waals surface area contributed by atoms with Crippen LogP contribution in [0.1, 0.15) is 19.2 Å². The molecule has 7 heteroatoms. The van der Waals surface area contributed by atoms with E-state index < -0.39 is 10.0 Å². The maximum Gasteiger partial charge on any atom is 0.262 e. The summed E-state index contributed by atoms with van der Waals surface area (Å²) in [6.45, 7) is 7.14. The first kappa shape index (κ1) is 13.5. The van der Waals surface area contributed by atoms with Gasteiger partial charge in [0.15, 0.2) is 5.03 Å². The first-order valence-corrected chi connectivity index (χ1v) is 7.74. The summed E-state index contributed by atoms with van der Waals surface area (Å²) in [5.41, 5.74) is 0. The van der Waals surface area contributed by atoms with Gasteiger partial charge in [0, 0.05) is 38.9 Å². The molecule has 0 radical (unpaired) electrons. The van der Waals surface area contributed by atoms with E-state index in [1.165, 1.54) is 4.31 Å². The molecule has 0 amide bonds. The predicted octanol–water partition coefficient (Wildman–Crippen LogP) is 0.195. The third kappa shape index (κ3) is 2.57. The van der Waals surface area contributed by atoms with Gasteiger partial charge in [-0.25, -0.2) is 13.4 Å². The van der Waals surface area contributed by atoms with Crippen LogP contribution in [0.5, 0.6) is 0 Å². The molecular formula is C11H20N4O2S. The molecule has 1 aromatic heterocycles. The fourth-order valence-electron chi connectivity index (χ4n) is 2.09. The number of nitrogens with one attached hydrogen (secondary N) is 1. The Morgan fingerprint density at radius 2 is 2.06 bits per heavy atom. The van der Waals surface area contributed by atoms with Crippen LogP contribution >= 0.6 is 0 Å². The van der Waals surface area contributed by atoms with Gasteiger partial charge in [-0.05, 0) is 13.3 Å². The van der Waals surface area contributed by atoms with E-state index in [1.54, 1.807) is 6.20 Å². The first-order chi connectivity index (χ1) is 8.55. The average molecular weight is 272 g/mol. The van der Waals surface area contributed by atoms with E-state index in [1.807, 2.05) is 11.5 Å². The normalized spacial score (nSPS) is 18.1. The van der Waals surface area contributed by atoms with Crippen molar-refractivity contribution in [2.24, 2.45) is 0 Å². The Labute approximate surface area is 108 Å². The van der Waals surface area contributed by atoms with Gasteiger partial charge in [0.2, 0.25) is 0 Å². The molecule has 1 aromatic rings. The van der Waals surface area contributed by atoms with Crippen LogP contribution in [0.4, 0.5) is 0 Å². The van der Waals surface area contributed by atoms with Crippen molar-refractivity contribution >= 4 is 10.0 Å². The second-order valence-electron chi connectivity index (χ2n) is 4.47. The highest BCUT2D eigenvalue weighted by Crippen LogP contribution is 2.16. The Balaban J connectivity index is 2.26. The second kappa shape index (κ2) is 5.38. The number of rotatable bonds is 4. The lowest BCUT2D eigenvalue weighted by atomic mass is 10.4. The van der Waals surface area contributed by atoms with E-state index in [9.17, 15) is 8.42 Å². The summed E-state index contributed by atoms with van der Waals surface area (Å²) >= 11 is 0. The zero-order valence-corrected chi connectivity index (χ0v) is 11.7. The minimum Gasteiger partial charge on any atom is -0.334 e. The smallest absolute Gasteiger partial charge is 0.262 e. The lowest BCUT2D eigenvalue weighted by Gasteiger charge is -2.25. The van der Waals surface area contributed by atoms with E-state index in [-0.39, 0.29) is 5.03 Å². The fraction of sp³-hybridized carbons (Fsp3) is 0.727. The third-order valence-corrected chi connectivity index (χ3v) is 4.87. The molecule has 18 heavy (non-hydrogen) atoms. The molecule has 6 nitrogen and oxygen atoms in total. The van der Waals surface area contributed by atoms with E-state index in [0.717, 1.165) is 18.8 Å². The molecule has 1 fully saturated rings. The van der Waals surface area contributed by atoms with Crippen LogP contribution in [-0.4, -0.2) is 48.5 Å². The van der Waals surface area contributed by atoms with Crippen molar-refractivity contribution in [1.82, 2.24) is 19.2 Å². The molecule has 0 aliphatic carbocycles. The maximum absolute atomic E-state index is 12.4. The van der Waals surface area contributed by atoms with Gasteiger partial charge >= 0.3 is 0 Å². The summed E-state index contributed by atoms with van der Waals surface area (Å²) in [6, 6.07) is 0. The Morgan fingerprint density at radius 3 is 2.67 bits per heavy atom. The number of piperazine rings is 1. The molecule has 0 unspecified atom stereocenters. The number of hydrogen-bond donors (Lipinski definition) is 1. The number of hydrogen-bond acceptors (Lipinski definition) is 4. The van der Waals surface area contributed by atoms with Crippen molar-refractivity contribution in [2.75, 3.05) is 26.2 Å². The lowest BCUT2D eigenvalue weighted by Crippen LogP contribution is -2.46. The molecule has 0 saturated carbocycles. The van der Waals surface area contributed by atoms with Gasteiger partial charge in [-0.3, -0.25) is 0 Å². The Kier molecular flexibility index (Phi) is 4.04. The van der Waals surface area contributed by atoms with Gasteiger partial charge in [-0.1, -0.05) is 6.92 Å². The van der Waals surface area contributed by atoms with Crippen LogP contribution < -0.4 is 5.32 Å². The van der Waals surface area contributed by atoms with Crippen molar-refractivity contribution in [3.05, 3.63) is 12.0 Å². The highest BCUT2D eigenvalue weighted by atomic mass is 32.2. The van der Waals surface area contributed by atoms with Crippen molar-refractivity contribution in [1.29, 1.82) is 0 Å². The van der Waals surface area contributed by atoms with Crippen LogP contribution in [-0.2, 0) is 16.6 Å². The number of aromatic nitrogens is 2. The summed E-state index contributed by atoms with van der Waals surface area (Å²) in [7, 11) is -3.42. The van der Waals surface area contributed by atoms with E-state index in [4.69, 9.17) is 0 Å². The summed E-state index contributed by atoms with van der Waals surface area (Å²) in [5.74, 6) is 0.755. The highest BCUT2D eigenvalue weighted by Gasteiger charge is 2.28. The molecule has 1 aliphatic heterocycles. The van der Waals surface area contributed by atoms with Gasteiger partial charge in [-0.2, -0.15) is 4.31 Å². The van der Waals surface area contributed by atoms with Crippen molar-refractivity contribution in [2.45, 2.75) is 31.8 Å². The number of nitrogens with zero attached hydrogens (tertiary/aromatic N) is 3. The summed E-state index contributed by atoms with van der Waals surface area (Å²) in [6.07, 6.45) is 2.61. The molecule has 2 heterocycles. The predicted molar refractivity (Wildman–Crippen MR) is 68.9 cm³/mol. The molecule has 1 N–H and O–H groups in total. The van der Waals surface area contributed by atoms with Crippen LogP contribution in [0.15, 0.2) is 11.2 Å². The molecular weight excluding hydrogens is 252 g/mol. The van der Waals surface area contributed by atoms with Crippen molar-refractivity contribution in [3.63, 3.8) is 0 Å². The Morgan fingerprint density at radius 1 is 1.39 bits per heavy atom. The number of sulfonamides is 1. The summed E-state index contributed by atoms with van der Waals surface area (Å²) in [4.78, 5) is 4.19. The monoisotopic (exact) mass is 272 g/mol. The zero-order chi connectivity index (χ0) is 13.2. The van der Waals surface area contributed by atoms with Crippen LogP contribution in [0, 0.1) is 6.92 Å². The van der Waals surface area contributed by atoms with Crippen LogP contribution in [0.25, 0.3) is 0 Å². The molecule has 1 aliphatic rings. The molecule has 0 atom stereocenters.